The average Bonchev–Trinajstić information content (AvgIpc) is 2.99. The van der Waals surface area contributed by atoms with Crippen LogP contribution in [0.2, 0.25) is 0 Å². The Hall–Kier alpha value is -3.85. The van der Waals surface area contributed by atoms with Crippen molar-refractivity contribution in [2.45, 2.75) is 44.5 Å². The number of likely N-dealkylation sites (tertiary alicyclic amines) is 1. The number of benzene rings is 2. The number of esters is 1. The first-order valence-corrected chi connectivity index (χ1v) is 14.0. The van der Waals surface area contributed by atoms with Crippen LogP contribution >= 0.6 is 0 Å². The molecule has 0 aliphatic carbocycles. The van der Waals surface area contributed by atoms with Crippen molar-refractivity contribution in [1.29, 1.82) is 5.41 Å². The van der Waals surface area contributed by atoms with Crippen LogP contribution in [0, 0.1) is 11.3 Å². The molecule has 40 heavy (non-hydrogen) atoms. The normalized spacial score (nSPS) is 22.1. The van der Waals surface area contributed by atoms with Crippen LogP contribution in [0.15, 0.2) is 60.8 Å². The van der Waals surface area contributed by atoms with Crippen molar-refractivity contribution >= 4 is 34.7 Å². The summed E-state index contributed by atoms with van der Waals surface area (Å²) in [7, 11) is 0. The summed E-state index contributed by atoms with van der Waals surface area (Å²) >= 11 is 0. The molecule has 5 rings (SSSR count). The number of hydrogen-bond donors (Lipinski definition) is 2. The Morgan fingerprint density at radius 3 is 2.65 bits per heavy atom. The number of ether oxygens (including phenoxy) is 1. The lowest BCUT2D eigenvalue weighted by Gasteiger charge is -2.41. The Morgan fingerprint density at radius 2 is 1.93 bits per heavy atom. The van der Waals surface area contributed by atoms with Crippen LogP contribution < -0.4 is 10.2 Å². The molecule has 2 fully saturated rings. The van der Waals surface area contributed by atoms with Crippen LogP contribution in [0.5, 0.6) is 0 Å². The van der Waals surface area contributed by atoms with Crippen LogP contribution in [0.3, 0.4) is 0 Å². The molecule has 0 radical (unpaired) electrons. The maximum atomic E-state index is 16.7. The number of carbonyl (C=O) groups excluding carboxylic acids is 2. The molecular weight excluding hydrogens is 509 g/mol. The lowest BCUT2D eigenvalue weighted by Crippen LogP contribution is -2.58. The quantitative estimate of drug-likeness (QED) is 0.327. The van der Waals surface area contributed by atoms with Gasteiger partial charge in [-0.05, 0) is 49.2 Å². The SMILES string of the molecule is CCN1CCC(NC(=O)C2CN(c3ccc(C=N)c4ncccc34)CC(F)(C(=O)OCc3ccccc3)C2)CC1. The Kier molecular flexibility index (Phi) is 8.40. The molecular formula is C31H36FN5O3. The first kappa shape index (κ1) is 27.7. The number of nitrogens with one attached hydrogen (secondary N) is 2. The number of anilines is 1. The molecule has 2 aliphatic rings. The number of halogens is 1. The lowest BCUT2D eigenvalue weighted by molar-refractivity contribution is -0.161. The third kappa shape index (κ3) is 5.99. The van der Waals surface area contributed by atoms with Crippen molar-refractivity contribution in [2.24, 2.45) is 5.92 Å². The van der Waals surface area contributed by atoms with Gasteiger partial charge >= 0.3 is 5.97 Å². The number of nitrogens with zero attached hydrogens (tertiary/aromatic N) is 3. The highest BCUT2D eigenvalue weighted by atomic mass is 19.1. The number of amides is 1. The van der Waals surface area contributed by atoms with Crippen molar-refractivity contribution in [1.82, 2.24) is 15.2 Å². The molecule has 2 N–H and O–H groups in total. The molecule has 0 bridgehead atoms. The van der Waals surface area contributed by atoms with Gasteiger partial charge in [-0.3, -0.25) is 9.78 Å². The van der Waals surface area contributed by atoms with Gasteiger partial charge in [0.15, 0.2) is 0 Å². The number of pyridine rings is 1. The minimum absolute atomic E-state index is 0.0293. The molecule has 2 saturated heterocycles. The highest BCUT2D eigenvalue weighted by Gasteiger charge is 2.50. The first-order chi connectivity index (χ1) is 19.4. The van der Waals surface area contributed by atoms with Crippen LogP contribution in [-0.2, 0) is 20.9 Å². The van der Waals surface area contributed by atoms with E-state index in [1.54, 1.807) is 29.3 Å². The summed E-state index contributed by atoms with van der Waals surface area (Å²) in [6.45, 7) is 4.90. The number of rotatable bonds is 8. The maximum absolute atomic E-state index is 16.7. The van der Waals surface area contributed by atoms with Gasteiger partial charge in [0.05, 0.1) is 18.0 Å². The molecule has 0 spiro atoms. The Morgan fingerprint density at radius 1 is 1.15 bits per heavy atom. The standard InChI is InChI=1S/C31H36FN5O3/c1-2-36-15-12-25(13-16-36)35-29(38)24-17-31(32,30(39)40-20-22-7-4-3-5-8-22)21-37(19-24)27-11-10-23(18-33)28-26(27)9-6-14-34-28/h3-11,14,18,24-25,33H,2,12-13,15-17,19-21H2,1H3,(H,35,38). The summed E-state index contributed by atoms with van der Waals surface area (Å²) in [6.07, 6.45) is 4.33. The van der Waals surface area contributed by atoms with Crippen molar-refractivity contribution in [3.63, 3.8) is 0 Å². The fourth-order valence-electron chi connectivity index (χ4n) is 5.80. The van der Waals surface area contributed by atoms with E-state index in [0.29, 0.717) is 16.8 Å². The summed E-state index contributed by atoms with van der Waals surface area (Å²) < 4.78 is 22.1. The summed E-state index contributed by atoms with van der Waals surface area (Å²) in [5, 5.41) is 11.6. The second-order valence-corrected chi connectivity index (χ2v) is 10.7. The second kappa shape index (κ2) is 12.1. The van der Waals surface area contributed by atoms with E-state index in [9.17, 15) is 9.59 Å². The monoisotopic (exact) mass is 545 g/mol. The Balaban J connectivity index is 1.41. The molecule has 3 aromatic rings. The Bertz CT molecular complexity index is 1360. The minimum Gasteiger partial charge on any atom is -0.458 e. The summed E-state index contributed by atoms with van der Waals surface area (Å²) in [4.78, 5) is 35.3. The highest BCUT2D eigenvalue weighted by molar-refractivity contribution is 6.02. The highest BCUT2D eigenvalue weighted by Crippen LogP contribution is 2.37. The van der Waals surface area contributed by atoms with E-state index in [1.807, 2.05) is 36.4 Å². The summed E-state index contributed by atoms with van der Waals surface area (Å²) in [5.74, 6) is -1.95. The molecule has 1 aromatic heterocycles. The zero-order chi connectivity index (χ0) is 28.1. The van der Waals surface area contributed by atoms with Crippen LogP contribution in [0.4, 0.5) is 10.1 Å². The van der Waals surface area contributed by atoms with Crippen molar-refractivity contribution in [3.8, 4) is 0 Å². The van der Waals surface area contributed by atoms with E-state index < -0.39 is 17.6 Å². The molecule has 2 atom stereocenters. The molecule has 8 nitrogen and oxygen atoms in total. The summed E-state index contributed by atoms with van der Waals surface area (Å²) in [6, 6.07) is 16.4. The number of aromatic nitrogens is 1. The van der Waals surface area contributed by atoms with Gasteiger partial charge < -0.3 is 25.3 Å². The fourth-order valence-corrected chi connectivity index (χ4v) is 5.80. The van der Waals surface area contributed by atoms with E-state index >= 15 is 4.39 Å². The van der Waals surface area contributed by atoms with E-state index in [-0.39, 0.29) is 38.1 Å². The third-order valence-corrected chi connectivity index (χ3v) is 8.06. The molecule has 2 unspecified atom stereocenters. The third-order valence-electron chi connectivity index (χ3n) is 8.06. The number of hydrogen-bond acceptors (Lipinski definition) is 7. The van der Waals surface area contributed by atoms with Gasteiger partial charge in [0.25, 0.3) is 0 Å². The van der Waals surface area contributed by atoms with E-state index in [0.717, 1.165) is 43.4 Å². The molecule has 2 aromatic carbocycles. The average molecular weight is 546 g/mol. The van der Waals surface area contributed by atoms with Crippen LogP contribution in [-0.4, -0.2) is 72.4 Å². The van der Waals surface area contributed by atoms with Crippen molar-refractivity contribution in [2.75, 3.05) is 37.6 Å². The van der Waals surface area contributed by atoms with Crippen molar-refractivity contribution < 1.29 is 18.7 Å². The predicted molar refractivity (Wildman–Crippen MR) is 153 cm³/mol. The molecule has 210 valence electrons. The van der Waals surface area contributed by atoms with Gasteiger partial charge in [-0.2, -0.15) is 0 Å². The van der Waals surface area contributed by atoms with Crippen molar-refractivity contribution in [3.05, 3.63) is 71.9 Å². The van der Waals surface area contributed by atoms with Gasteiger partial charge in [0.2, 0.25) is 11.6 Å². The number of alkyl halides is 1. The number of fused-ring (bicyclic) bond motifs is 1. The van der Waals surface area contributed by atoms with Gasteiger partial charge in [-0.1, -0.05) is 37.3 Å². The van der Waals surface area contributed by atoms with Crippen LogP contribution in [0.25, 0.3) is 10.9 Å². The van der Waals surface area contributed by atoms with Gasteiger partial charge in [0.1, 0.15) is 6.61 Å². The van der Waals surface area contributed by atoms with E-state index in [1.165, 1.54) is 6.21 Å². The number of piperidine rings is 2. The Labute approximate surface area is 234 Å². The number of carbonyl (C=O) groups is 2. The molecule has 3 heterocycles. The van der Waals surface area contributed by atoms with Gasteiger partial charge in [-0.25, -0.2) is 9.18 Å². The van der Waals surface area contributed by atoms with E-state index in [2.05, 4.69) is 22.1 Å². The molecule has 2 aliphatic heterocycles. The zero-order valence-electron chi connectivity index (χ0n) is 22.8. The predicted octanol–water partition coefficient (Wildman–Crippen LogP) is 4.11. The maximum Gasteiger partial charge on any atom is 0.346 e. The van der Waals surface area contributed by atoms with Crippen LogP contribution in [0.1, 0.15) is 37.3 Å². The van der Waals surface area contributed by atoms with E-state index in [4.69, 9.17) is 10.1 Å². The fraction of sp³-hybridized carbons (Fsp3) is 0.419. The lowest BCUT2D eigenvalue weighted by atomic mass is 9.85. The van der Waals surface area contributed by atoms with Gasteiger partial charge in [0, 0.05) is 61.1 Å². The smallest absolute Gasteiger partial charge is 0.346 e. The zero-order valence-corrected chi connectivity index (χ0v) is 22.8. The molecule has 0 saturated carbocycles. The minimum atomic E-state index is -2.38. The molecule has 1 amide bonds. The molecule has 9 heteroatoms. The van der Waals surface area contributed by atoms with Gasteiger partial charge in [-0.15, -0.1) is 0 Å². The first-order valence-electron chi connectivity index (χ1n) is 14.0. The largest absolute Gasteiger partial charge is 0.458 e. The summed E-state index contributed by atoms with van der Waals surface area (Å²) in [5.41, 5.74) is 0.299. The topological polar surface area (TPSA) is 98.6 Å². The second-order valence-electron chi connectivity index (χ2n) is 10.7.